The molecule has 1 aliphatic heterocycles. The summed E-state index contributed by atoms with van der Waals surface area (Å²) in [5.74, 6) is -0.0768. The highest BCUT2D eigenvalue weighted by Crippen LogP contribution is 2.39. The first-order chi connectivity index (χ1) is 13.0. The minimum Gasteiger partial charge on any atom is -0.297 e. The van der Waals surface area contributed by atoms with Crippen molar-refractivity contribution >= 4 is 36.9 Å². The molecule has 4 rings (SSSR count). The highest BCUT2D eigenvalue weighted by molar-refractivity contribution is 7.81. The van der Waals surface area contributed by atoms with Crippen molar-refractivity contribution in [3.05, 3.63) is 59.2 Å². The van der Waals surface area contributed by atoms with Gasteiger partial charge in [-0.1, -0.05) is 18.2 Å². The lowest BCUT2D eigenvalue weighted by atomic mass is 9.93. The predicted octanol–water partition coefficient (Wildman–Crippen LogP) is 4.09. The fourth-order valence-corrected chi connectivity index (χ4v) is 4.06. The van der Waals surface area contributed by atoms with Crippen LogP contribution in [0.25, 0.3) is 6.08 Å². The third-order valence-electron chi connectivity index (χ3n) is 5.51. The van der Waals surface area contributed by atoms with Crippen molar-refractivity contribution in [2.45, 2.75) is 30.6 Å². The number of halogens is 2. The van der Waals surface area contributed by atoms with E-state index in [0.717, 1.165) is 37.1 Å². The van der Waals surface area contributed by atoms with Gasteiger partial charge in [0.25, 0.3) is 0 Å². The van der Waals surface area contributed by atoms with Crippen LogP contribution >= 0.6 is 25.0 Å². The van der Waals surface area contributed by atoms with Gasteiger partial charge in [-0.3, -0.25) is 14.4 Å². The van der Waals surface area contributed by atoms with E-state index in [2.05, 4.69) is 16.1 Å². The number of rotatable bonds is 5. The fourth-order valence-electron chi connectivity index (χ4n) is 3.79. The minimum atomic E-state index is -0.519. The highest BCUT2D eigenvalue weighted by Gasteiger charge is 2.40. The van der Waals surface area contributed by atoms with E-state index in [9.17, 15) is 9.18 Å². The lowest BCUT2D eigenvalue weighted by Crippen LogP contribution is -2.42. The molecule has 1 aliphatic carbocycles. The molecular weight excluding hydrogens is 397 g/mol. The van der Waals surface area contributed by atoms with Gasteiger partial charge in [0.15, 0.2) is 5.78 Å². The zero-order valence-electron chi connectivity index (χ0n) is 15.8. The van der Waals surface area contributed by atoms with Crippen LogP contribution in [0.5, 0.6) is 0 Å². The topological polar surface area (TPSA) is 38.1 Å². The molecule has 4 nitrogen and oxygen atoms in total. The third-order valence-corrected chi connectivity index (χ3v) is 6.10. The molecule has 1 aromatic heterocycles. The Morgan fingerprint density at radius 3 is 2.68 bits per heavy atom. The van der Waals surface area contributed by atoms with Crippen LogP contribution < -0.4 is 0 Å². The maximum Gasteiger partial charge on any atom is 0.157 e. The molecule has 0 spiro atoms. The van der Waals surface area contributed by atoms with Crippen LogP contribution in [0.3, 0.4) is 0 Å². The Morgan fingerprint density at radius 1 is 1.29 bits per heavy atom. The normalized spacial score (nSPS) is 22.7. The molecule has 28 heavy (non-hydrogen) atoms. The molecular formula is C21H25ClFN3OS. The van der Waals surface area contributed by atoms with Gasteiger partial charge in [0.2, 0.25) is 0 Å². The van der Waals surface area contributed by atoms with Gasteiger partial charge in [-0.15, -0.1) is 12.4 Å². The molecule has 150 valence electrons. The Morgan fingerprint density at radius 2 is 2.04 bits per heavy atom. The minimum absolute atomic E-state index is 0. The highest BCUT2D eigenvalue weighted by atomic mass is 35.5. The molecule has 2 aromatic rings. The Hall–Kier alpha value is -1.63. The number of hydrogen-bond acceptors (Lipinski definition) is 4. The second-order valence-electron chi connectivity index (χ2n) is 7.47. The quantitative estimate of drug-likeness (QED) is 0.739. The summed E-state index contributed by atoms with van der Waals surface area (Å²) < 4.78 is 16.4. The number of aryl methyl sites for hydroxylation is 1. The molecule has 2 unspecified atom stereocenters. The molecule has 0 radical (unpaired) electrons. The Kier molecular flexibility index (Phi) is 6.63. The lowest BCUT2D eigenvalue weighted by Gasteiger charge is -2.37. The molecule has 0 amide bonds. The molecule has 2 fully saturated rings. The van der Waals surface area contributed by atoms with Gasteiger partial charge in [0.1, 0.15) is 5.82 Å². The summed E-state index contributed by atoms with van der Waals surface area (Å²) in [6.45, 7) is 1.34. The number of thiol groups is 1. The monoisotopic (exact) mass is 421 g/mol. The van der Waals surface area contributed by atoms with Crippen molar-refractivity contribution in [1.29, 1.82) is 0 Å². The van der Waals surface area contributed by atoms with Crippen LogP contribution in [0.1, 0.15) is 36.6 Å². The molecule has 0 bridgehead atoms. The zero-order chi connectivity index (χ0) is 19.0. The van der Waals surface area contributed by atoms with Crippen LogP contribution in [-0.4, -0.2) is 38.8 Å². The first-order valence-electron chi connectivity index (χ1n) is 9.43. The van der Waals surface area contributed by atoms with Crippen molar-refractivity contribution in [3.8, 4) is 0 Å². The van der Waals surface area contributed by atoms with Gasteiger partial charge in [0, 0.05) is 43.1 Å². The molecule has 1 aromatic carbocycles. The Balaban J connectivity index is 0.00000225. The van der Waals surface area contributed by atoms with Gasteiger partial charge in [-0.2, -0.15) is 17.7 Å². The molecule has 7 heteroatoms. The smallest absolute Gasteiger partial charge is 0.157 e. The van der Waals surface area contributed by atoms with Gasteiger partial charge in [-0.25, -0.2) is 4.39 Å². The van der Waals surface area contributed by atoms with E-state index < -0.39 is 6.04 Å². The number of piperidine rings is 1. The number of aromatic nitrogens is 2. The summed E-state index contributed by atoms with van der Waals surface area (Å²) in [6.07, 6.45) is 6.53. The van der Waals surface area contributed by atoms with Crippen LogP contribution in [-0.2, 0) is 11.8 Å². The van der Waals surface area contributed by atoms with E-state index in [1.54, 1.807) is 18.3 Å². The van der Waals surface area contributed by atoms with Crippen LogP contribution in [0.2, 0.25) is 0 Å². The van der Waals surface area contributed by atoms with Gasteiger partial charge in [-0.05, 0) is 43.0 Å². The molecule has 2 aliphatic rings. The maximum atomic E-state index is 14.6. The maximum absolute atomic E-state index is 14.6. The Labute approximate surface area is 176 Å². The van der Waals surface area contributed by atoms with Crippen LogP contribution in [0.4, 0.5) is 4.39 Å². The van der Waals surface area contributed by atoms with Crippen LogP contribution in [0, 0.1) is 11.7 Å². The summed E-state index contributed by atoms with van der Waals surface area (Å²) in [5.41, 5.74) is 2.63. The van der Waals surface area contributed by atoms with Crippen molar-refractivity contribution < 1.29 is 9.18 Å². The van der Waals surface area contributed by atoms with E-state index in [1.807, 2.05) is 23.9 Å². The predicted molar refractivity (Wildman–Crippen MR) is 114 cm³/mol. The number of Topliss-reactive ketones (excluding diaryl/α,β-unsaturated/α-hetero) is 1. The number of carbonyl (C=O) groups is 1. The van der Waals surface area contributed by atoms with Crippen LogP contribution in [0.15, 0.2) is 42.1 Å². The molecule has 0 N–H and O–H groups in total. The summed E-state index contributed by atoms with van der Waals surface area (Å²) in [6, 6.07) is 8.11. The first-order valence-corrected chi connectivity index (χ1v) is 9.95. The summed E-state index contributed by atoms with van der Waals surface area (Å²) in [7, 11) is 1.90. The number of ketones is 1. The van der Waals surface area contributed by atoms with Crippen molar-refractivity contribution in [2.75, 3.05) is 13.1 Å². The van der Waals surface area contributed by atoms with E-state index >= 15 is 0 Å². The number of carbonyl (C=O) groups excluding carboxylic acids is 1. The van der Waals surface area contributed by atoms with E-state index in [-0.39, 0.29) is 35.2 Å². The molecule has 1 saturated carbocycles. The number of benzene rings is 1. The molecule has 2 heterocycles. The average Bonchev–Trinajstić information content (AvgIpc) is 3.43. The number of likely N-dealkylation sites (tertiary alicyclic amines) is 1. The SMILES string of the molecule is Cl.Cn1nccc1/C=C1\CN(C(C(=O)C2CC2)c2ccccc2F)CCC1S. The second-order valence-corrected chi connectivity index (χ2v) is 8.10. The third kappa shape index (κ3) is 4.34. The van der Waals surface area contributed by atoms with Gasteiger partial charge < -0.3 is 0 Å². The van der Waals surface area contributed by atoms with Crippen molar-refractivity contribution in [3.63, 3.8) is 0 Å². The summed E-state index contributed by atoms with van der Waals surface area (Å²) in [5, 5.41) is 4.34. The summed E-state index contributed by atoms with van der Waals surface area (Å²) >= 11 is 4.74. The molecule has 2 atom stereocenters. The lowest BCUT2D eigenvalue weighted by molar-refractivity contribution is -0.126. The van der Waals surface area contributed by atoms with Gasteiger partial charge in [0.05, 0.1) is 11.7 Å². The number of hydrogen-bond donors (Lipinski definition) is 1. The summed E-state index contributed by atoms with van der Waals surface area (Å²) in [4.78, 5) is 15.2. The second kappa shape index (κ2) is 8.80. The van der Waals surface area contributed by atoms with E-state index in [1.165, 1.54) is 6.07 Å². The van der Waals surface area contributed by atoms with E-state index in [0.29, 0.717) is 12.1 Å². The Bertz CT molecular complexity index is 880. The number of nitrogens with zero attached hydrogens (tertiary/aromatic N) is 3. The fraction of sp³-hybridized carbons (Fsp3) is 0.429. The standard InChI is InChI=1S/C21H24FN3OS.ClH/c1-24-16(8-10-23-24)12-15-13-25(11-9-19(15)27)20(21(26)14-6-7-14)17-4-2-3-5-18(17)22;/h2-5,8,10,12,14,19-20,27H,6-7,9,11,13H2,1H3;1H/b15-12+;. The average molecular weight is 422 g/mol. The van der Waals surface area contributed by atoms with E-state index in [4.69, 9.17) is 12.6 Å². The largest absolute Gasteiger partial charge is 0.297 e. The first kappa shape index (κ1) is 21.1. The molecule has 1 saturated heterocycles. The van der Waals surface area contributed by atoms with Crippen molar-refractivity contribution in [2.24, 2.45) is 13.0 Å². The van der Waals surface area contributed by atoms with Gasteiger partial charge >= 0.3 is 0 Å². The van der Waals surface area contributed by atoms with Crippen molar-refractivity contribution in [1.82, 2.24) is 14.7 Å². The zero-order valence-corrected chi connectivity index (χ0v) is 17.5.